The molecule has 0 bridgehead atoms. The second kappa shape index (κ2) is 7.52. The highest BCUT2D eigenvalue weighted by Crippen LogP contribution is 2.40. The molecule has 0 amide bonds. The van der Waals surface area contributed by atoms with Crippen molar-refractivity contribution in [2.45, 2.75) is 23.9 Å². The van der Waals surface area contributed by atoms with Crippen LogP contribution < -0.4 is 4.74 Å². The molecule has 138 valence electrons. The number of thioether (sulfide) groups is 1. The van der Waals surface area contributed by atoms with Gasteiger partial charge in [0.05, 0.1) is 24.1 Å². The van der Waals surface area contributed by atoms with Gasteiger partial charge < -0.3 is 4.74 Å². The Morgan fingerprint density at radius 2 is 2.04 bits per heavy atom. The van der Waals surface area contributed by atoms with E-state index in [0.717, 1.165) is 24.4 Å². The van der Waals surface area contributed by atoms with Crippen LogP contribution in [0.5, 0.6) is 5.75 Å². The molecule has 7 heteroatoms. The molecular weight excluding hydrogens is 365 g/mol. The van der Waals surface area contributed by atoms with Crippen molar-refractivity contribution in [3.8, 4) is 11.4 Å². The maximum Gasteiger partial charge on any atom is 0.209 e. The Bertz CT molecular complexity index is 971. The SMILES string of the molecule is COc1ccc(F)cc1C(=O)CSc1nc(C2CC2)n(-c2ccccc2)n1. The second-order valence-corrected chi connectivity index (χ2v) is 7.27. The summed E-state index contributed by atoms with van der Waals surface area (Å²) in [6.07, 6.45) is 2.21. The smallest absolute Gasteiger partial charge is 0.209 e. The van der Waals surface area contributed by atoms with E-state index in [1.165, 1.54) is 37.1 Å². The van der Waals surface area contributed by atoms with Gasteiger partial charge in [0.1, 0.15) is 17.4 Å². The van der Waals surface area contributed by atoms with E-state index in [2.05, 4.69) is 10.1 Å². The van der Waals surface area contributed by atoms with Gasteiger partial charge in [0.25, 0.3) is 0 Å². The van der Waals surface area contributed by atoms with Crippen LogP contribution in [0.2, 0.25) is 0 Å². The maximum atomic E-state index is 13.5. The molecule has 0 unspecified atom stereocenters. The molecule has 0 N–H and O–H groups in total. The summed E-state index contributed by atoms with van der Waals surface area (Å²) < 4.78 is 20.5. The summed E-state index contributed by atoms with van der Waals surface area (Å²) in [6.45, 7) is 0. The summed E-state index contributed by atoms with van der Waals surface area (Å²) in [5, 5.41) is 5.12. The number of carbonyl (C=O) groups excluding carboxylic acids is 1. The van der Waals surface area contributed by atoms with Gasteiger partial charge in [-0.15, -0.1) is 5.10 Å². The Kier molecular flexibility index (Phi) is 4.94. The highest BCUT2D eigenvalue weighted by Gasteiger charge is 2.30. The number of benzene rings is 2. The summed E-state index contributed by atoms with van der Waals surface area (Å²) >= 11 is 1.25. The van der Waals surface area contributed by atoms with Crippen molar-refractivity contribution in [2.24, 2.45) is 0 Å². The highest BCUT2D eigenvalue weighted by molar-refractivity contribution is 7.99. The van der Waals surface area contributed by atoms with Crippen molar-refractivity contribution in [2.75, 3.05) is 12.9 Å². The van der Waals surface area contributed by atoms with Crippen LogP contribution in [-0.4, -0.2) is 33.4 Å². The number of halogens is 1. The Morgan fingerprint density at radius 3 is 2.74 bits per heavy atom. The van der Waals surface area contributed by atoms with Gasteiger partial charge in [0, 0.05) is 5.92 Å². The number of hydrogen-bond acceptors (Lipinski definition) is 5. The third-order valence-electron chi connectivity index (χ3n) is 4.35. The fourth-order valence-corrected chi connectivity index (χ4v) is 3.55. The standard InChI is InChI=1S/C20H18FN3O2S/c1-26-18-10-9-14(21)11-16(18)17(25)12-27-20-22-19(13-7-8-13)24(23-20)15-5-3-2-4-6-15/h2-6,9-11,13H,7-8,12H2,1H3. The average molecular weight is 383 g/mol. The van der Waals surface area contributed by atoms with Crippen LogP contribution in [0.1, 0.15) is 34.9 Å². The number of hydrogen-bond donors (Lipinski definition) is 0. The van der Waals surface area contributed by atoms with Gasteiger partial charge in [-0.1, -0.05) is 30.0 Å². The lowest BCUT2D eigenvalue weighted by molar-refractivity contribution is 0.101. The summed E-state index contributed by atoms with van der Waals surface area (Å²) in [6, 6.07) is 13.8. The van der Waals surface area contributed by atoms with Crippen molar-refractivity contribution in [1.29, 1.82) is 0 Å². The maximum absolute atomic E-state index is 13.5. The van der Waals surface area contributed by atoms with Gasteiger partial charge in [0.2, 0.25) is 5.16 Å². The summed E-state index contributed by atoms with van der Waals surface area (Å²) in [7, 11) is 1.46. The zero-order valence-electron chi connectivity index (χ0n) is 14.8. The van der Waals surface area contributed by atoms with E-state index in [-0.39, 0.29) is 17.1 Å². The normalized spacial score (nSPS) is 13.6. The molecule has 5 nitrogen and oxygen atoms in total. The number of nitrogens with zero attached hydrogens (tertiary/aromatic N) is 3. The third kappa shape index (κ3) is 3.88. The quantitative estimate of drug-likeness (QED) is 0.451. The number of carbonyl (C=O) groups is 1. The van der Waals surface area contributed by atoms with Gasteiger partial charge in [-0.25, -0.2) is 14.1 Å². The molecule has 1 saturated carbocycles. The lowest BCUT2D eigenvalue weighted by Crippen LogP contribution is -2.06. The largest absolute Gasteiger partial charge is 0.496 e. The number of methoxy groups -OCH3 is 1. The Labute approximate surface area is 160 Å². The number of ketones is 1. The predicted molar refractivity (Wildman–Crippen MR) is 101 cm³/mol. The van der Waals surface area contributed by atoms with Crippen LogP contribution in [0.3, 0.4) is 0 Å². The minimum Gasteiger partial charge on any atom is -0.496 e. The molecule has 1 aliphatic carbocycles. The van der Waals surface area contributed by atoms with Crippen molar-refractivity contribution in [3.63, 3.8) is 0 Å². The molecule has 0 saturated heterocycles. The van der Waals surface area contributed by atoms with Gasteiger partial charge in [-0.05, 0) is 43.2 Å². The van der Waals surface area contributed by atoms with Crippen LogP contribution in [0.15, 0.2) is 53.7 Å². The van der Waals surface area contributed by atoms with E-state index in [0.29, 0.717) is 16.8 Å². The van der Waals surface area contributed by atoms with E-state index in [1.54, 1.807) is 0 Å². The topological polar surface area (TPSA) is 57.0 Å². The molecule has 1 aromatic heterocycles. The summed E-state index contributed by atoms with van der Waals surface area (Å²) in [5.74, 6) is 1.14. The van der Waals surface area contributed by atoms with E-state index in [1.807, 2.05) is 35.0 Å². The molecule has 1 fully saturated rings. The Hall–Kier alpha value is -2.67. The van der Waals surface area contributed by atoms with E-state index in [4.69, 9.17) is 4.74 Å². The molecule has 27 heavy (non-hydrogen) atoms. The first-order valence-electron chi connectivity index (χ1n) is 8.67. The van der Waals surface area contributed by atoms with Gasteiger partial charge in [0.15, 0.2) is 5.78 Å². The molecule has 0 spiro atoms. The fraction of sp³-hybridized carbons (Fsp3) is 0.250. The molecule has 0 atom stereocenters. The minimum absolute atomic E-state index is 0.114. The van der Waals surface area contributed by atoms with Gasteiger partial charge in [-0.2, -0.15) is 0 Å². The van der Waals surface area contributed by atoms with Crippen molar-refractivity contribution in [3.05, 3.63) is 65.7 Å². The molecule has 1 heterocycles. The van der Waals surface area contributed by atoms with Crippen LogP contribution in [0.4, 0.5) is 4.39 Å². The highest BCUT2D eigenvalue weighted by atomic mass is 32.2. The van der Waals surface area contributed by atoms with Crippen molar-refractivity contribution in [1.82, 2.24) is 14.8 Å². The minimum atomic E-state index is -0.466. The molecular formula is C20H18FN3O2S. The van der Waals surface area contributed by atoms with Crippen LogP contribution in [0.25, 0.3) is 5.69 Å². The van der Waals surface area contributed by atoms with E-state index >= 15 is 0 Å². The summed E-state index contributed by atoms with van der Waals surface area (Å²) in [5.41, 5.74) is 1.19. The van der Waals surface area contributed by atoms with Crippen LogP contribution >= 0.6 is 11.8 Å². The van der Waals surface area contributed by atoms with E-state index < -0.39 is 5.82 Å². The molecule has 1 aliphatic rings. The van der Waals surface area contributed by atoms with E-state index in [9.17, 15) is 9.18 Å². The lowest BCUT2D eigenvalue weighted by atomic mass is 10.1. The zero-order valence-corrected chi connectivity index (χ0v) is 15.6. The number of ether oxygens (including phenoxy) is 1. The second-order valence-electron chi connectivity index (χ2n) is 6.33. The molecule has 4 rings (SSSR count). The van der Waals surface area contributed by atoms with Gasteiger partial charge >= 0.3 is 0 Å². The Morgan fingerprint density at radius 1 is 1.26 bits per heavy atom. The first-order chi connectivity index (χ1) is 13.2. The van der Waals surface area contributed by atoms with Crippen LogP contribution in [-0.2, 0) is 0 Å². The van der Waals surface area contributed by atoms with Gasteiger partial charge in [-0.3, -0.25) is 4.79 Å². The number of rotatable bonds is 7. The summed E-state index contributed by atoms with van der Waals surface area (Å²) in [4.78, 5) is 17.2. The number of para-hydroxylation sites is 1. The predicted octanol–water partition coefficient (Wildman–Crippen LogP) is 4.27. The number of aromatic nitrogens is 3. The first kappa shape index (κ1) is 17.7. The van der Waals surface area contributed by atoms with Crippen molar-refractivity contribution < 1.29 is 13.9 Å². The fourth-order valence-electron chi connectivity index (χ4n) is 2.84. The molecule has 0 aliphatic heterocycles. The number of Topliss-reactive ketones (excluding diaryl/α,β-unsaturated/α-hetero) is 1. The zero-order chi connectivity index (χ0) is 18.8. The lowest BCUT2D eigenvalue weighted by Gasteiger charge is -2.06. The monoisotopic (exact) mass is 383 g/mol. The molecule has 3 aromatic rings. The van der Waals surface area contributed by atoms with Crippen LogP contribution in [0, 0.1) is 5.82 Å². The first-order valence-corrected chi connectivity index (χ1v) is 9.66. The Balaban J connectivity index is 1.54. The average Bonchev–Trinajstić information content (AvgIpc) is 3.46. The molecule has 0 radical (unpaired) electrons. The van der Waals surface area contributed by atoms with Crippen molar-refractivity contribution >= 4 is 17.5 Å². The molecule has 2 aromatic carbocycles. The third-order valence-corrected chi connectivity index (χ3v) is 5.19.